The van der Waals surface area contributed by atoms with E-state index in [9.17, 15) is 14.9 Å². The van der Waals surface area contributed by atoms with Gasteiger partial charge in [0.05, 0.1) is 23.9 Å². The second-order valence-electron chi connectivity index (χ2n) is 5.20. The first-order chi connectivity index (χ1) is 11.1. The minimum absolute atomic E-state index is 0.0182. The van der Waals surface area contributed by atoms with Crippen molar-refractivity contribution in [2.45, 2.75) is 11.3 Å². The highest BCUT2D eigenvalue weighted by Crippen LogP contribution is 2.20. The van der Waals surface area contributed by atoms with Gasteiger partial charge in [-0.15, -0.1) is 11.8 Å². The third-order valence-electron chi connectivity index (χ3n) is 3.49. The van der Waals surface area contributed by atoms with Crippen LogP contribution in [0, 0.1) is 10.1 Å². The molecule has 1 saturated heterocycles. The number of nitrogens with one attached hydrogen (secondary N) is 1. The molecule has 1 heterocycles. The second kappa shape index (κ2) is 9.49. The predicted molar refractivity (Wildman–Crippen MR) is 88.7 cm³/mol. The molecule has 23 heavy (non-hydrogen) atoms. The lowest BCUT2D eigenvalue weighted by molar-refractivity contribution is -0.384. The number of thioether (sulfide) groups is 1. The maximum absolute atomic E-state index is 11.8. The second-order valence-corrected chi connectivity index (χ2v) is 6.25. The van der Waals surface area contributed by atoms with Crippen LogP contribution in [0.2, 0.25) is 0 Å². The summed E-state index contributed by atoms with van der Waals surface area (Å²) in [6.07, 6.45) is 0.925. The highest BCUT2D eigenvalue weighted by molar-refractivity contribution is 8.00. The van der Waals surface area contributed by atoms with Crippen LogP contribution in [0.1, 0.15) is 6.42 Å². The Morgan fingerprint density at radius 1 is 1.30 bits per heavy atom. The van der Waals surface area contributed by atoms with Gasteiger partial charge in [-0.3, -0.25) is 19.8 Å². The van der Waals surface area contributed by atoms with Crippen molar-refractivity contribution in [1.82, 2.24) is 10.2 Å². The summed E-state index contributed by atoms with van der Waals surface area (Å²) < 4.78 is 5.29. The van der Waals surface area contributed by atoms with E-state index < -0.39 is 4.92 Å². The number of carbonyl (C=O) groups excluding carboxylic acids is 1. The van der Waals surface area contributed by atoms with E-state index >= 15 is 0 Å². The smallest absolute Gasteiger partial charge is 0.269 e. The van der Waals surface area contributed by atoms with E-state index in [1.165, 1.54) is 23.9 Å². The molecule has 1 amide bonds. The van der Waals surface area contributed by atoms with Crippen molar-refractivity contribution in [3.63, 3.8) is 0 Å². The number of carbonyl (C=O) groups is 1. The number of nitrogens with zero attached hydrogens (tertiary/aromatic N) is 2. The van der Waals surface area contributed by atoms with Gasteiger partial charge < -0.3 is 10.1 Å². The Kier molecular flexibility index (Phi) is 7.31. The van der Waals surface area contributed by atoms with Crippen LogP contribution in [-0.2, 0) is 9.53 Å². The number of amides is 1. The highest BCUT2D eigenvalue weighted by atomic mass is 32.2. The first-order valence-electron chi connectivity index (χ1n) is 7.59. The lowest BCUT2D eigenvalue weighted by atomic mass is 10.3. The molecule has 8 heteroatoms. The Morgan fingerprint density at radius 2 is 2.00 bits per heavy atom. The highest BCUT2D eigenvalue weighted by Gasteiger charge is 2.10. The standard InChI is InChI=1S/C15H21N3O4S/c19-15(16-6-1-7-17-8-10-22-11-9-17)12-23-14-4-2-13(3-5-14)18(20)21/h2-5H,1,6-12H2,(H,16,19). The molecular weight excluding hydrogens is 318 g/mol. The van der Waals surface area contributed by atoms with E-state index in [4.69, 9.17) is 4.74 Å². The molecule has 0 spiro atoms. The fourth-order valence-corrected chi connectivity index (χ4v) is 2.95. The van der Waals surface area contributed by atoms with Crippen LogP contribution in [0.15, 0.2) is 29.2 Å². The maximum Gasteiger partial charge on any atom is 0.269 e. The molecule has 0 aromatic heterocycles. The average molecular weight is 339 g/mol. The zero-order valence-electron chi connectivity index (χ0n) is 12.9. The molecule has 0 radical (unpaired) electrons. The van der Waals surface area contributed by atoms with E-state index in [1.807, 2.05) is 0 Å². The Labute approximate surface area is 139 Å². The van der Waals surface area contributed by atoms with Gasteiger partial charge in [0.1, 0.15) is 0 Å². The molecule has 0 aliphatic carbocycles. The van der Waals surface area contributed by atoms with Crippen LogP contribution in [0.5, 0.6) is 0 Å². The first-order valence-corrected chi connectivity index (χ1v) is 8.58. The molecule has 1 aromatic rings. The minimum atomic E-state index is -0.435. The topological polar surface area (TPSA) is 84.7 Å². The molecule has 2 rings (SSSR count). The minimum Gasteiger partial charge on any atom is -0.379 e. The van der Waals surface area contributed by atoms with Crippen molar-refractivity contribution in [2.75, 3.05) is 45.1 Å². The summed E-state index contributed by atoms with van der Waals surface area (Å²) in [4.78, 5) is 25.1. The third kappa shape index (κ3) is 6.55. The Morgan fingerprint density at radius 3 is 2.65 bits per heavy atom. The van der Waals surface area contributed by atoms with E-state index in [2.05, 4.69) is 10.2 Å². The number of benzene rings is 1. The van der Waals surface area contributed by atoms with Gasteiger partial charge in [-0.1, -0.05) is 0 Å². The van der Waals surface area contributed by atoms with Gasteiger partial charge in [0.25, 0.3) is 5.69 Å². The Bertz CT molecular complexity index is 518. The zero-order valence-corrected chi connectivity index (χ0v) is 13.7. The summed E-state index contributed by atoms with van der Waals surface area (Å²) in [5.41, 5.74) is 0.0573. The third-order valence-corrected chi connectivity index (χ3v) is 4.51. The van der Waals surface area contributed by atoms with E-state index in [0.717, 1.165) is 44.2 Å². The van der Waals surface area contributed by atoms with Gasteiger partial charge >= 0.3 is 0 Å². The molecular formula is C15H21N3O4S. The summed E-state index contributed by atoms with van der Waals surface area (Å²) in [6, 6.07) is 6.22. The molecule has 1 aromatic carbocycles. The number of morpholine rings is 1. The van der Waals surface area contributed by atoms with Crippen molar-refractivity contribution in [3.05, 3.63) is 34.4 Å². The van der Waals surface area contributed by atoms with E-state index in [1.54, 1.807) is 12.1 Å². The van der Waals surface area contributed by atoms with Crippen molar-refractivity contribution in [3.8, 4) is 0 Å². The van der Waals surface area contributed by atoms with Crippen molar-refractivity contribution in [1.29, 1.82) is 0 Å². The molecule has 0 saturated carbocycles. The zero-order chi connectivity index (χ0) is 16.5. The van der Waals surface area contributed by atoms with Gasteiger partial charge in [-0.05, 0) is 25.1 Å². The normalized spacial score (nSPS) is 15.3. The summed E-state index contributed by atoms with van der Waals surface area (Å²) >= 11 is 1.37. The number of non-ortho nitro benzene ring substituents is 1. The Hall–Kier alpha value is -1.64. The van der Waals surface area contributed by atoms with Gasteiger partial charge in [0, 0.05) is 36.7 Å². The number of ether oxygens (including phenoxy) is 1. The van der Waals surface area contributed by atoms with Gasteiger partial charge in [-0.2, -0.15) is 0 Å². The van der Waals surface area contributed by atoms with E-state index in [0.29, 0.717) is 12.3 Å². The average Bonchev–Trinajstić information content (AvgIpc) is 2.58. The first kappa shape index (κ1) is 17.7. The molecule has 0 unspecified atom stereocenters. The Balaban J connectivity index is 1.58. The molecule has 1 fully saturated rings. The lowest BCUT2D eigenvalue weighted by Crippen LogP contribution is -2.38. The molecule has 0 bridgehead atoms. The van der Waals surface area contributed by atoms with Crippen molar-refractivity contribution < 1.29 is 14.5 Å². The van der Waals surface area contributed by atoms with E-state index in [-0.39, 0.29) is 11.6 Å². The van der Waals surface area contributed by atoms with Crippen LogP contribution in [0.3, 0.4) is 0 Å². The lowest BCUT2D eigenvalue weighted by Gasteiger charge is -2.26. The maximum atomic E-state index is 11.8. The largest absolute Gasteiger partial charge is 0.379 e. The number of rotatable bonds is 8. The number of hydrogen-bond acceptors (Lipinski definition) is 6. The summed E-state index contributed by atoms with van der Waals surface area (Å²) in [6.45, 7) is 5.14. The van der Waals surface area contributed by atoms with Crippen LogP contribution in [-0.4, -0.2) is 60.9 Å². The SMILES string of the molecule is O=C(CSc1ccc([N+](=O)[O-])cc1)NCCCN1CCOCC1. The van der Waals surface area contributed by atoms with Crippen molar-refractivity contribution >= 4 is 23.4 Å². The van der Waals surface area contributed by atoms with Crippen LogP contribution in [0.25, 0.3) is 0 Å². The van der Waals surface area contributed by atoms with Gasteiger partial charge in [0.2, 0.25) is 5.91 Å². The van der Waals surface area contributed by atoms with Gasteiger partial charge in [0.15, 0.2) is 0 Å². The van der Waals surface area contributed by atoms with Crippen LogP contribution >= 0.6 is 11.8 Å². The molecule has 1 N–H and O–H groups in total. The van der Waals surface area contributed by atoms with Crippen LogP contribution < -0.4 is 5.32 Å². The summed E-state index contributed by atoms with van der Waals surface area (Å²) in [7, 11) is 0. The van der Waals surface area contributed by atoms with Gasteiger partial charge in [-0.25, -0.2) is 0 Å². The monoisotopic (exact) mass is 339 g/mol. The molecule has 1 aliphatic rings. The summed E-state index contributed by atoms with van der Waals surface area (Å²) in [5.74, 6) is 0.297. The van der Waals surface area contributed by atoms with Crippen LogP contribution in [0.4, 0.5) is 5.69 Å². The fourth-order valence-electron chi connectivity index (χ4n) is 2.22. The number of nitro benzene ring substituents is 1. The molecule has 7 nitrogen and oxygen atoms in total. The number of nitro groups is 1. The van der Waals surface area contributed by atoms with Crippen molar-refractivity contribution in [2.24, 2.45) is 0 Å². The molecule has 126 valence electrons. The molecule has 0 atom stereocenters. The predicted octanol–water partition coefficient (Wildman–Crippen LogP) is 1.53. The quantitative estimate of drug-likeness (QED) is 0.335. The molecule has 1 aliphatic heterocycles. The fraction of sp³-hybridized carbons (Fsp3) is 0.533. The summed E-state index contributed by atoms with van der Waals surface area (Å²) in [5, 5.41) is 13.5. The number of hydrogen-bond donors (Lipinski definition) is 1.